The summed E-state index contributed by atoms with van der Waals surface area (Å²) < 4.78 is 11.6. The quantitative estimate of drug-likeness (QED) is 0.0848. The average molecular weight is 503 g/mol. The van der Waals surface area contributed by atoms with Crippen LogP contribution in [0.4, 0.5) is 0 Å². The Balaban J connectivity index is 2.69. The van der Waals surface area contributed by atoms with Crippen molar-refractivity contribution in [3.63, 3.8) is 0 Å². The minimum atomic E-state index is -0.240. The second kappa shape index (κ2) is 22.4. The number of esters is 2. The molecule has 0 aliphatic carbocycles. The van der Waals surface area contributed by atoms with Gasteiger partial charge in [0.1, 0.15) is 0 Å². The number of hydrogen-bond donors (Lipinski definition) is 0. The second-order valence-electron chi connectivity index (χ2n) is 10.2. The minimum absolute atomic E-state index is 0.228. The Morgan fingerprint density at radius 1 is 0.556 bits per heavy atom. The van der Waals surface area contributed by atoms with Crippen LogP contribution in [0.5, 0.6) is 11.5 Å². The van der Waals surface area contributed by atoms with Crippen LogP contribution in [0, 0.1) is 0 Å². The summed E-state index contributed by atoms with van der Waals surface area (Å²) in [5, 5.41) is 0. The molecule has 0 atom stereocenters. The fraction of sp³-hybridized carbons (Fsp3) is 0.750. The van der Waals surface area contributed by atoms with Gasteiger partial charge in [-0.3, -0.25) is 9.59 Å². The first kappa shape index (κ1) is 32.2. The van der Waals surface area contributed by atoms with E-state index in [0.717, 1.165) is 63.4 Å². The first-order valence-electron chi connectivity index (χ1n) is 15.2. The molecular weight excluding hydrogens is 448 g/mol. The molecule has 1 aromatic rings. The molecule has 4 heteroatoms. The number of carbonyl (C=O) groups is 2. The van der Waals surface area contributed by atoms with Crippen molar-refractivity contribution in [2.24, 2.45) is 0 Å². The molecule has 1 aromatic carbocycles. The molecule has 206 valence electrons. The van der Waals surface area contributed by atoms with Crippen LogP contribution in [0.2, 0.25) is 0 Å². The normalized spacial score (nSPS) is 11.0. The van der Waals surface area contributed by atoms with Gasteiger partial charge < -0.3 is 9.47 Å². The number of ether oxygens (including phenoxy) is 2. The largest absolute Gasteiger partial charge is 0.423 e. The summed E-state index contributed by atoms with van der Waals surface area (Å²) in [6.07, 6.45) is 22.4. The standard InChI is InChI=1S/C32H54O4/c1-4-7-10-13-16-19-23-28-24-22-25-29(35-30(33)26-20-17-14-11-8-5-2)32(28)36-31(34)27-21-18-15-12-9-6-3/h22,24-25H,4-21,23,26-27H2,1-3H3. The van der Waals surface area contributed by atoms with E-state index in [-0.39, 0.29) is 11.9 Å². The molecule has 0 aliphatic heterocycles. The van der Waals surface area contributed by atoms with E-state index >= 15 is 0 Å². The maximum absolute atomic E-state index is 12.7. The summed E-state index contributed by atoms with van der Waals surface area (Å²) >= 11 is 0. The maximum atomic E-state index is 12.7. The maximum Gasteiger partial charge on any atom is 0.311 e. The Morgan fingerprint density at radius 2 is 1.00 bits per heavy atom. The second-order valence-corrected chi connectivity index (χ2v) is 10.2. The van der Waals surface area contributed by atoms with E-state index in [4.69, 9.17) is 9.47 Å². The van der Waals surface area contributed by atoms with Crippen molar-refractivity contribution >= 4 is 11.9 Å². The molecule has 0 saturated heterocycles. The fourth-order valence-corrected chi connectivity index (χ4v) is 4.49. The molecule has 0 aromatic heterocycles. The number of unbranched alkanes of at least 4 members (excludes halogenated alkanes) is 15. The van der Waals surface area contributed by atoms with Gasteiger partial charge in [-0.1, -0.05) is 129 Å². The van der Waals surface area contributed by atoms with Crippen molar-refractivity contribution in [2.45, 2.75) is 156 Å². The fourth-order valence-electron chi connectivity index (χ4n) is 4.49. The lowest BCUT2D eigenvalue weighted by Crippen LogP contribution is -2.13. The molecule has 0 N–H and O–H groups in total. The summed E-state index contributed by atoms with van der Waals surface area (Å²) in [4.78, 5) is 25.2. The van der Waals surface area contributed by atoms with Crippen LogP contribution >= 0.6 is 0 Å². The van der Waals surface area contributed by atoms with E-state index in [1.807, 2.05) is 12.1 Å². The van der Waals surface area contributed by atoms with Gasteiger partial charge in [0.15, 0.2) is 11.5 Å². The molecule has 4 nitrogen and oxygen atoms in total. The van der Waals surface area contributed by atoms with Crippen molar-refractivity contribution in [1.82, 2.24) is 0 Å². The predicted molar refractivity (Wildman–Crippen MR) is 151 cm³/mol. The molecule has 1 rings (SSSR count). The molecule has 0 bridgehead atoms. The lowest BCUT2D eigenvalue weighted by atomic mass is 10.0. The summed E-state index contributed by atoms with van der Waals surface area (Å²) in [5.74, 6) is 0.383. The molecule has 0 amide bonds. The van der Waals surface area contributed by atoms with Gasteiger partial charge in [0.05, 0.1) is 0 Å². The van der Waals surface area contributed by atoms with Crippen LogP contribution in [0.3, 0.4) is 0 Å². The number of para-hydroxylation sites is 1. The monoisotopic (exact) mass is 502 g/mol. The molecule has 0 heterocycles. The van der Waals surface area contributed by atoms with Crippen LogP contribution in [-0.2, 0) is 16.0 Å². The van der Waals surface area contributed by atoms with Gasteiger partial charge in [-0.15, -0.1) is 0 Å². The lowest BCUT2D eigenvalue weighted by molar-refractivity contribution is -0.137. The molecule has 0 fully saturated rings. The van der Waals surface area contributed by atoms with Crippen LogP contribution in [0.15, 0.2) is 18.2 Å². The van der Waals surface area contributed by atoms with Crippen molar-refractivity contribution in [1.29, 1.82) is 0 Å². The Hall–Kier alpha value is -1.84. The van der Waals surface area contributed by atoms with Crippen molar-refractivity contribution in [2.75, 3.05) is 0 Å². The highest BCUT2D eigenvalue weighted by molar-refractivity contribution is 5.76. The molecule has 0 aliphatic rings. The summed E-state index contributed by atoms with van der Waals surface area (Å²) in [5.41, 5.74) is 0.964. The zero-order valence-corrected chi connectivity index (χ0v) is 23.7. The van der Waals surface area contributed by atoms with Gasteiger partial charge in [-0.05, 0) is 37.3 Å². The number of aryl methyl sites for hydroxylation is 1. The molecule has 0 spiro atoms. The van der Waals surface area contributed by atoms with Gasteiger partial charge in [0, 0.05) is 12.8 Å². The van der Waals surface area contributed by atoms with Crippen LogP contribution in [-0.4, -0.2) is 11.9 Å². The Kier molecular flexibility index (Phi) is 20.0. The molecule has 0 unspecified atom stereocenters. The first-order chi connectivity index (χ1) is 17.6. The lowest BCUT2D eigenvalue weighted by Gasteiger charge is -2.15. The van der Waals surface area contributed by atoms with Gasteiger partial charge >= 0.3 is 11.9 Å². The Labute approximate surface area is 221 Å². The molecule has 36 heavy (non-hydrogen) atoms. The van der Waals surface area contributed by atoms with Crippen LogP contribution < -0.4 is 9.47 Å². The highest BCUT2D eigenvalue weighted by Gasteiger charge is 2.18. The zero-order valence-electron chi connectivity index (χ0n) is 23.7. The van der Waals surface area contributed by atoms with E-state index in [9.17, 15) is 9.59 Å². The first-order valence-corrected chi connectivity index (χ1v) is 15.2. The number of hydrogen-bond acceptors (Lipinski definition) is 4. The average Bonchev–Trinajstić information content (AvgIpc) is 2.87. The third-order valence-electron chi connectivity index (χ3n) is 6.77. The molecule has 0 radical (unpaired) electrons. The summed E-state index contributed by atoms with van der Waals surface area (Å²) in [6.45, 7) is 6.64. The molecule has 0 saturated carbocycles. The molecular formula is C32H54O4. The summed E-state index contributed by atoms with van der Waals surface area (Å²) in [7, 11) is 0. The van der Waals surface area contributed by atoms with Crippen LogP contribution in [0.25, 0.3) is 0 Å². The SMILES string of the molecule is CCCCCCCCC(=O)Oc1cccc(CCCCCCCC)c1OC(=O)CCCCCCCC. The van der Waals surface area contributed by atoms with Crippen LogP contribution in [0.1, 0.15) is 155 Å². The number of rotatable bonds is 23. The van der Waals surface area contributed by atoms with E-state index < -0.39 is 0 Å². The third kappa shape index (κ3) is 16.0. The highest BCUT2D eigenvalue weighted by atomic mass is 16.6. The predicted octanol–water partition coefficient (Wildman–Crippen LogP) is 9.90. The highest BCUT2D eigenvalue weighted by Crippen LogP contribution is 2.33. The van der Waals surface area contributed by atoms with E-state index in [2.05, 4.69) is 20.8 Å². The zero-order chi connectivity index (χ0) is 26.3. The number of carbonyl (C=O) groups excluding carboxylic acids is 2. The van der Waals surface area contributed by atoms with Crippen molar-refractivity contribution < 1.29 is 19.1 Å². The van der Waals surface area contributed by atoms with Gasteiger partial charge in [0.25, 0.3) is 0 Å². The topological polar surface area (TPSA) is 52.6 Å². The Morgan fingerprint density at radius 3 is 1.53 bits per heavy atom. The Bertz CT molecular complexity index is 697. The smallest absolute Gasteiger partial charge is 0.311 e. The number of benzene rings is 1. The van der Waals surface area contributed by atoms with Gasteiger partial charge in [0.2, 0.25) is 0 Å². The van der Waals surface area contributed by atoms with Crippen molar-refractivity contribution in [3.05, 3.63) is 23.8 Å². The summed E-state index contributed by atoms with van der Waals surface area (Å²) in [6, 6.07) is 5.67. The van der Waals surface area contributed by atoms with E-state index in [1.54, 1.807) is 6.07 Å². The minimum Gasteiger partial charge on any atom is -0.423 e. The van der Waals surface area contributed by atoms with Gasteiger partial charge in [-0.2, -0.15) is 0 Å². The van der Waals surface area contributed by atoms with E-state index in [1.165, 1.54) is 64.2 Å². The third-order valence-corrected chi connectivity index (χ3v) is 6.77. The van der Waals surface area contributed by atoms with Crippen molar-refractivity contribution in [3.8, 4) is 11.5 Å². The van der Waals surface area contributed by atoms with E-state index in [0.29, 0.717) is 24.3 Å². The van der Waals surface area contributed by atoms with Gasteiger partial charge in [-0.25, -0.2) is 0 Å².